The fraction of sp³-hybridized carbons (Fsp3) is 0.471. The van der Waals surface area contributed by atoms with E-state index in [1.807, 2.05) is 13.0 Å². The second-order valence-electron chi connectivity index (χ2n) is 10.1. The molecule has 3 aromatic rings. The van der Waals surface area contributed by atoms with E-state index in [-0.39, 0.29) is 26.2 Å². The van der Waals surface area contributed by atoms with Gasteiger partial charge in [-0.3, -0.25) is 0 Å². The topological polar surface area (TPSA) is 0 Å². The van der Waals surface area contributed by atoms with Gasteiger partial charge < -0.3 is 0 Å². The predicted octanol–water partition coefficient (Wildman–Crippen LogP) is 11.4. The van der Waals surface area contributed by atoms with Crippen LogP contribution >= 0.6 is 0 Å². The quantitative estimate of drug-likeness (QED) is 0.279. The minimum Gasteiger partial charge on any atom is -0.207 e. The van der Waals surface area contributed by atoms with E-state index in [2.05, 4.69) is 52.0 Å². The molecule has 0 aromatic heterocycles. The summed E-state index contributed by atoms with van der Waals surface area (Å²) in [6.07, 6.45) is 5.89. The highest BCUT2D eigenvalue weighted by Crippen LogP contribution is 2.27. The van der Waals surface area contributed by atoms with E-state index < -0.39 is 11.6 Å². The van der Waals surface area contributed by atoms with Crippen LogP contribution in [0, 0.1) is 70.8 Å². The Kier molecular flexibility index (Phi) is 18.5. The normalized spacial score (nSPS) is 15.6. The van der Waals surface area contributed by atoms with Crippen molar-refractivity contribution in [1.29, 1.82) is 0 Å². The average molecular weight is 517 g/mol. The molecule has 4 rings (SSSR count). The summed E-state index contributed by atoms with van der Waals surface area (Å²) in [7, 11) is 0. The molecule has 0 N–H and O–H groups in total. The second kappa shape index (κ2) is 18.7. The Morgan fingerprint density at radius 3 is 1.14 bits per heavy atom. The van der Waals surface area contributed by atoms with Crippen LogP contribution in [0.5, 0.6) is 0 Å². The third-order valence-electron chi connectivity index (χ3n) is 6.28. The first-order chi connectivity index (χ1) is 16.4. The largest absolute Gasteiger partial charge is 0.207 e. The number of rotatable bonds is 0. The van der Waals surface area contributed by atoms with Crippen molar-refractivity contribution in [3.63, 3.8) is 0 Å². The van der Waals surface area contributed by atoms with Gasteiger partial charge in [0.25, 0.3) is 0 Å². The van der Waals surface area contributed by atoms with Gasteiger partial charge in [-0.15, -0.1) is 0 Å². The van der Waals surface area contributed by atoms with Gasteiger partial charge in [-0.1, -0.05) is 102 Å². The van der Waals surface area contributed by atoms with Crippen LogP contribution in [-0.4, -0.2) is 0 Å². The van der Waals surface area contributed by atoms with Crippen molar-refractivity contribution >= 4 is 0 Å². The summed E-state index contributed by atoms with van der Waals surface area (Å²) in [5.41, 5.74) is 5.04. The van der Waals surface area contributed by atoms with Crippen LogP contribution in [0.1, 0.15) is 87.8 Å². The van der Waals surface area contributed by atoms with E-state index >= 15 is 0 Å². The number of hydrogen-bond donors (Lipinski definition) is 0. The summed E-state index contributed by atoms with van der Waals surface area (Å²) in [5.74, 6) is 0.974. The molecule has 3 heteroatoms. The Hall–Kier alpha value is -2.55. The van der Waals surface area contributed by atoms with Crippen molar-refractivity contribution < 1.29 is 13.2 Å². The van der Waals surface area contributed by atoms with E-state index in [9.17, 15) is 13.2 Å². The summed E-state index contributed by atoms with van der Waals surface area (Å²) < 4.78 is 37.8. The number of halogens is 3. The van der Waals surface area contributed by atoms with Crippen LogP contribution in [0.15, 0.2) is 54.6 Å². The average Bonchev–Trinajstić information content (AvgIpc) is 2.80. The highest BCUT2D eigenvalue weighted by Gasteiger charge is 2.13. The lowest BCUT2D eigenvalue weighted by Gasteiger charge is -2.22. The molecule has 0 bridgehead atoms. The van der Waals surface area contributed by atoms with Gasteiger partial charge in [0.05, 0.1) is 0 Å². The summed E-state index contributed by atoms with van der Waals surface area (Å²) >= 11 is 0. The van der Waals surface area contributed by atoms with Crippen molar-refractivity contribution in [2.75, 3.05) is 0 Å². The second-order valence-corrected chi connectivity index (χ2v) is 10.1. The summed E-state index contributed by atoms with van der Waals surface area (Å²) in [6.45, 7) is 15.6. The maximum Gasteiger partial charge on any atom is 0.129 e. The monoisotopic (exact) mass is 516 g/mol. The number of hydrogen-bond acceptors (Lipinski definition) is 0. The van der Waals surface area contributed by atoms with Gasteiger partial charge in [-0.05, 0) is 88.3 Å². The highest BCUT2D eigenvalue weighted by atomic mass is 19.1. The van der Waals surface area contributed by atoms with E-state index in [0.717, 1.165) is 17.4 Å². The molecule has 0 saturated heterocycles. The van der Waals surface area contributed by atoms with E-state index in [4.69, 9.17) is 0 Å². The Labute approximate surface area is 226 Å². The highest BCUT2D eigenvalue weighted by molar-refractivity contribution is 5.24. The number of benzene rings is 3. The molecule has 0 atom stereocenters. The van der Waals surface area contributed by atoms with Gasteiger partial charge in [0.15, 0.2) is 0 Å². The van der Waals surface area contributed by atoms with E-state index in [1.165, 1.54) is 61.9 Å². The van der Waals surface area contributed by atoms with Crippen molar-refractivity contribution in [3.05, 3.63) is 105 Å². The van der Waals surface area contributed by atoms with Crippen molar-refractivity contribution in [2.45, 2.75) is 95.9 Å². The van der Waals surface area contributed by atoms with Crippen molar-refractivity contribution in [2.24, 2.45) is 11.8 Å². The molecule has 208 valence electrons. The van der Waals surface area contributed by atoms with Gasteiger partial charge in [-0.25, -0.2) is 13.2 Å². The Balaban J connectivity index is 0. The van der Waals surface area contributed by atoms with Crippen LogP contribution < -0.4 is 0 Å². The van der Waals surface area contributed by atoms with Crippen LogP contribution in [0.25, 0.3) is 0 Å². The van der Waals surface area contributed by atoms with Crippen LogP contribution in [-0.2, 0) is 0 Å². The SMILES string of the molecule is C.C.CC1CCC(C)CC1.Cc1cc(F)c(C)c(F)c1.Cc1ccc(C)c(F)c1.Cc1ccc(C)cc1. The van der Waals surface area contributed by atoms with E-state index in [0.29, 0.717) is 11.1 Å². The fourth-order valence-electron chi connectivity index (χ4n) is 3.53. The zero-order valence-corrected chi connectivity index (χ0v) is 22.8. The first kappa shape index (κ1) is 36.6. The molecule has 0 nitrogen and oxygen atoms in total. The Bertz CT molecular complexity index is 960. The molecule has 0 unspecified atom stereocenters. The first-order valence-electron chi connectivity index (χ1n) is 12.6. The van der Waals surface area contributed by atoms with Crippen LogP contribution in [0.4, 0.5) is 13.2 Å². The summed E-state index contributed by atoms with van der Waals surface area (Å²) in [5, 5.41) is 0. The number of aryl methyl sites for hydroxylation is 5. The molecule has 0 spiro atoms. The molecule has 0 aliphatic heterocycles. The van der Waals surface area contributed by atoms with Gasteiger partial charge in [0.2, 0.25) is 0 Å². The Morgan fingerprint density at radius 2 is 0.811 bits per heavy atom. The van der Waals surface area contributed by atoms with Crippen LogP contribution in [0.3, 0.4) is 0 Å². The van der Waals surface area contributed by atoms with Crippen LogP contribution in [0.2, 0.25) is 0 Å². The maximum atomic E-state index is 12.6. The minimum absolute atomic E-state index is 0. The predicted molar refractivity (Wildman–Crippen MR) is 158 cm³/mol. The molecule has 0 amide bonds. The lowest BCUT2D eigenvalue weighted by atomic mass is 9.84. The molecular weight excluding hydrogens is 465 g/mol. The zero-order valence-electron chi connectivity index (χ0n) is 22.8. The lowest BCUT2D eigenvalue weighted by Crippen LogP contribution is -2.08. The van der Waals surface area contributed by atoms with Gasteiger partial charge in [0.1, 0.15) is 17.5 Å². The molecule has 37 heavy (non-hydrogen) atoms. The smallest absolute Gasteiger partial charge is 0.129 e. The third kappa shape index (κ3) is 15.3. The Morgan fingerprint density at radius 1 is 0.486 bits per heavy atom. The van der Waals surface area contributed by atoms with Gasteiger partial charge in [-0.2, -0.15) is 0 Å². The molecule has 1 aliphatic rings. The standard InChI is InChI=1S/C8H8F2.C8H9F.C8H16.C8H10.2CH4/c1-5-3-7(9)6(2)8(10)4-5;1-6-3-4-7(2)8(9)5-6;2*1-7-3-5-8(2)6-4-7;;/h3-4H,1-2H3;3-5H,1-2H3;7-8H,3-6H2,1-2H3;3-6H,1-2H3;2*1H4. The zero-order chi connectivity index (χ0) is 26.5. The molecule has 1 fully saturated rings. The summed E-state index contributed by atoms with van der Waals surface area (Å²) in [6, 6.07) is 16.3. The first-order valence-corrected chi connectivity index (χ1v) is 12.6. The van der Waals surface area contributed by atoms with Crippen molar-refractivity contribution in [3.8, 4) is 0 Å². The summed E-state index contributed by atoms with van der Waals surface area (Å²) in [4.78, 5) is 0. The third-order valence-corrected chi connectivity index (χ3v) is 6.28. The molecule has 0 heterocycles. The van der Waals surface area contributed by atoms with Gasteiger partial charge in [0, 0.05) is 5.56 Å². The maximum absolute atomic E-state index is 12.6. The molecule has 3 aromatic carbocycles. The molecular formula is C34H51F3. The lowest BCUT2D eigenvalue weighted by molar-refractivity contribution is 0.308. The molecule has 1 saturated carbocycles. The minimum atomic E-state index is -0.475. The van der Waals surface area contributed by atoms with Gasteiger partial charge >= 0.3 is 0 Å². The molecule has 1 aliphatic carbocycles. The van der Waals surface area contributed by atoms with Crippen molar-refractivity contribution in [1.82, 2.24) is 0 Å². The fourth-order valence-corrected chi connectivity index (χ4v) is 3.53. The van der Waals surface area contributed by atoms with E-state index in [1.54, 1.807) is 19.9 Å². The molecule has 0 radical (unpaired) electrons.